The molecule has 0 atom stereocenters. The van der Waals surface area contributed by atoms with E-state index in [0.29, 0.717) is 11.7 Å². The molecule has 0 radical (unpaired) electrons. The van der Waals surface area contributed by atoms with Crippen LogP contribution in [-0.2, 0) is 6.54 Å². The maximum atomic E-state index is 5.20. The minimum absolute atomic E-state index is 0.699. The molecule has 0 spiro atoms. The molecule has 1 saturated heterocycles. The fraction of sp³-hybridized carbons (Fsp3) is 0.400. The Bertz CT molecular complexity index is 775. The Kier molecular flexibility index (Phi) is 3.51. The van der Waals surface area contributed by atoms with Crippen LogP contribution in [0, 0.1) is 6.92 Å². The zero-order valence-corrected chi connectivity index (χ0v) is 13.2. The molecular formula is C15H17N5OS. The molecule has 3 heterocycles. The second-order valence-electron chi connectivity index (χ2n) is 5.50. The lowest BCUT2D eigenvalue weighted by Gasteiger charge is -2.34. The number of rotatable bonds is 3. The monoisotopic (exact) mass is 315 g/mol. The van der Waals surface area contributed by atoms with E-state index >= 15 is 0 Å². The van der Waals surface area contributed by atoms with Crippen LogP contribution in [0.15, 0.2) is 28.8 Å². The van der Waals surface area contributed by atoms with E-state index in [4.69, 9.17) is 4.52 Å². The molecule has 0 unspecified atom stereocenters. The van der Waals surface area contributed by atoms with E-state index in [-0.39, 0.29) is 0 Å². The maximum absolute atomic E-state index is 5.20. The summed E-state index contributed by atoms with van der Waals surface area (Å²) in [6, 6.07) is 8.34. The third kappa shape index (κ3) is 2.57. The lowest BCUT2D eigenvalue weighted by molar-refractivity contribution is 0.215. The van der Waals surface area contributed by atoms with Crippen LogP contribution >= 0.6 is 11.5 Å². The predicted molar refractivity (Wildman–Crippen MR) is 86.1 cm³/mol. The van der Waals surface area contributed by atoms with Crippen molar-refractivity contribution >= 4 is 27.4 Å². The maximum Gasteiger partial charge on any atom is 0.240 e. The first-order valence-electron chi connectivity index (χ1n) is 7.40. The van der Waals surface area contributed by atoms with Crippen molar-refractivity contribution in [2.45, 2.75) is 13.5 Å². The minimum Gasteiger partial charge on any atom is -0.359 e. The first-order valence-corrected chi connectivity index (χ1v) is 8.18. The number of benzene rings is 1. The third-order valence-electron chi connectivity index (χ3n) is 3.95. The molecular weight excluding hydrogens is 298 g/mol. The van der Waals surface area contributed by atoms with Crippen LogP contribution in [0.4, 0.5) is 5.00 Å². The quantitative estimate of drug-likeness (QED) is 0.739. The van der Waals surface area contributed by atoms with Crippen LogP contribution in [0.5, 0.6) is 0 Å². The van der Waals surface area contributed by atoms with Crippen LogP contribution in [0.25, 0.3) is 10.9 Å². The second kappa shape index (κ2) is 5.66. The van der Waals surface area contributed by atoms with Gasteiger partial charge < -0.3 is 9.42 Å². The first kappa shape index (κ1) is 13.7. The van der Waals surface area contributed by atoms with E-state index in [2.05, 4.69) is 42.5 Å². The molecule has 114 valence electrons. The van der Waals surface area contributed by atoms with Gasteiger partial charge in [0.25, 0.3) is 0 Å². The van der Waals surface area contributed by atoms with Crippen molar-refractivity contribution in [1.82, 2.24) is 19.4 Å². The van der Waals surface area contributed by atoms with Crippen molar-refractivity contribution < 1.29 is 4.52 Å². The van der Waals surface area contributed by atoms with Crippen molar-refractivity contribution in [2.24, 2.45) is 0 Å². The summed E-state index contributed by atoms with van der Waals surface area (Å²) in [6.45, 7) is 6.57. The van der Waals surface area contributed by atoms with E-state index in [9.17, 15) is 0 Å². The first-order chi connectivity index (χ1) is 10.8. The summed E-state index contributed by atoms with van der Waals surface area (Å²) in [7, 11) is 0. The molecule has 2 aromatic heterocycles. The van der Waals surface area contributed by atoms with Gasteiger partial charge in [-0.2, -0.15) is 9.36 Å². The molecule has 1 aliphatic heterocycles. The molecule has 0 aliphatic carbocycles. The van der Waals surface area contributed by atoms with E-state index in [1.54, 1.807) is 11.5 Å². The zero-order valence-electron chi connectivity index (χ0n) is 12.4. The van der Waals surface area contributed by atoms with Gasteiger partial charge in [-0.05, 0) is 30.6 Å². The number of aryl methyl sites for hydroxylation is 1. The Morgan fingerprint density at radius 1 is 1.18 bits per heavy atom. The van der Waals surface area contributed by atoms with Gasteiger partial charge in [-0.15, -0.1) is 0 Å². The molecule has 7 heteroatoms. The van der Waals surface area contributed by atoms with Gasteiger partial charge in [0, 0.05) is 31.6 Å². The Labute approximate surface area is 132 Å². The van der Waals surface area contributed by atoms with Gasteiger partial charge in [0.2, 0.25) is 5.89 Å². The van der Waals surface area contributed by atoms with Crippen molar-refractivity contribution in [1.29, 1.82) is 0 Å². The molecule has 0 bridgehead atoms. The van der Waals surface area contributed by atoms with Gasteiger partial charge in [0.15, 0.2) is 5.82 Å². The lowest BCUT2D eigenvalue weighted by atomic mass is 10.2. The summed E-state index contributed by atoms with van der Waals surface area (Å²) in [4.78, 5) is 9.05. The molecule has 1 fully saturated rings. The summed E-state index contributed by atoms with van der Waals surface area (Å²) in [5.74, 6) is 1.40. The van der Waals surface area contributed by atoms with E-state index in [0.717, 1.165) is 38.2 Å². The van der Waals surface area contributed by atoms with Crippen molar-refractivity contribution in [3.05, 3.63) is 36.0 Å². The van der Waals surface area contributed by atoms with Crippen molar-refractivity contribution in [3.63, 3.8) is 0 Å². The molecule has 1 aromatic carbocycles. The van der Waals surface area contributed by atoms with Crippen LogP contribution in [-0.4, -0.2) is 45.6 Å². The van der Waals surface area contributed by atoms with Crippen molar-refractivity contribution in [3.8, 4) is 0 Å². The standard InChI is InChI=1S/C15H17N5OS/c1-11-16-14(21-17-11)10-19-6-8-20(9-7-19)15-12-4-2-3-5-13(12)18-22-15/h2-5H,6-10H2,1H3. The summed E-state index contributed by atoms with van der Waals surface area (Å²) in [5.41, 5.74) is 1.09. The Hall–Kier alpha value is -1.99. The summed E-state index contributed by atoms with van der Waals surface area (Å²) >= 11 is 1.59. The minimum atomic E-state index is 0.699. The van der Waals surface area contributed by atoms with Gasteiger partial charge in [-0.1, -0.05) is 17.3 Å². The number of hydrogen-bond acceptors (Lipinski definition) is 7. The fourth-order valence-corrected chi connectivity index (χ4v) is 3.72. The summed E-state index contributed by atoms with van der Waals surface area (Å²) < 4.78 is 9.74. The van der Waals surface area contributed by atoms with Crippen molar-refractivity contribution in [2.75, 3.05) is 31.1 Å². The number of hydrogen-bond donors (Lipinski definition) is 0. The van der Waals surface area contributed by atoms with Gasteiger partial charge >= 0.3 is 0 Å². The topological polar surface area (TPSA) is 58.3 Å². The van der Waals surface area contributed by atoms with E-state index in [1.165, 1.54) is 10.4 Å². The third-order valence-corrected chi connectivity index (χ3v) is 4.89. The molecule has 0 amide bonds. The summed E-state index contributed by atoms with van der Waals surface area (Å²) in [5, 5.41) is 6.38. The second-order valence-corrected chi connectivity index (χ2v) is 6.26. The predicted octanol–water partition coefficient (Wildman–Crippen LogP) is 2.31. The molecule has 0 saturated carbocycles. The highest BCUT2D eigenvalue weighted by Crippen LogP contribution is 2.31. The highest BCUT2D eigenvalue weighted by molar-refractivity contribution is 7.11. The smallest absolute Gasteiger partial charge is 0.240 e. The van der Waals surface area contributed by atoms with Crippen LogP contribution in [0.1, 0.15) is 11.7 Å². The van der Waals surface area contributed by atoms with E-state index in [1.807, 2.05) is 13.0 Å². The highest BCUT2D eigenvalue weighted by atomic mass is 32.1. The fourth-order valence-electron chi connectivity index (χ4n) is 2.81. The Morgan fingerprint density at radius 2 is 2.00 bits per heavy atom. The van der Waals surface area contributed by atoms with E-state index < -0.39 is 0 Å². The number of aromatic nitrogens is 3. The number of anilines is 1. The SMILES string of the molecule is Cc1noc(CN2CCN(c3snc4ccccc34)CC2)n1. The van der Waals surface area contributed by atoms with Gasteiger partial charge in [0.1, 0.15) is 5.00 Å². The number of piperazine rings is 1. The average Bonchev–Trinajstić information content (AvgIpc) is 3.14. The normalized spacial score (nSPS) is 16.5. The van der Waals surface area contributed by atoms with Crippen LogP contribution < -0.4 is 4.90 Å². The number of nitrogens with zero attached hydrogens (tertiary/aromatic N) is 5. The molecule has 4 rings (SSSR count). The number of fused-ring (bicyclic) bond motifs is 1. The molecule has 6 nitrogen and oxygen atoms in total. The molecule has 22 heavy (non-hydrogen) atoms. The molecule has 3 aromatic rings. The van der Waals surface area contributed by atoms with Crippen LogP contribution in [0.3, 0.4) is 0 Å². The average molecular weight is 315 g/mol. The van der Waals surface area contributed by atoms with Gasteiger partial charge in [0.05, 0.1) is 12.1 Å². The van der Waals surface area contributed by atoms with Gasteiger partial charge in [-0.3, -0.25) is 4.90 Å². The zero-order chi connectivity index (χ0) is 14.9. The molecule has 1 aliphatic rings. The molecule has 0 N–H and O–H groups in total. The largest absolute Gasteiger partial charge is 0.359 e. The Morgan fingerprint density at radius 3 is 2.77 bits per heavy atom. The summed E-state index contributed by atoms with van der Waals surface area (Å²) in [6.07, 6.45) is 0. The highest BCUT2D eigenvalue weighted by Gasteiger charge is 2.21. The van der Waals surface area contributed by atoms with Gasteiger partial charge in [-0.25, -0.2) is 0 Å². The lowest BCUT2D eigenvalue weighted by Crippen LogP contribution is -2.45. The Balaban J connectivity index is 1.43. The van der Waals surface area contributed by atoms with Crippen LogP contribution in [0.2, 0.25) is 0 Å².